The third kappa shape index (κ3) is 8.19. The summed E-state index contributed by atoms with van der Waals surface area (Å²) in [6, 6.07) is 10.8. The zero-order chi connectivity index (χ0) is 20.3. The van der Waals surface area contributed by atoms with Gasteiger partial charge in [-0.1, -0.05) is 30.3 Å². The van der Waals surface area contributed by atoms with Crippen LogP contribution in [0.5, 0.6) is 0 Å². The molecule has 0 bridgehead atoms. The highest BCUT2D eigenvalue weighted by molar-refractivity contribution is 14.0. The Morgan fingerprint density at radius 1 is 1.07 bits per heavy atom. The highest BCUT2D eigenvalue weighted by Crippen LogP contribution is 2.08. The number of aromatic nitrogens is 3. The fourth-order valence-electron chi connectivity index (χ4n) is 3.48. The second-order valence-corrected chi connectivity index (χ2v) is 7.38. The average molecular weight is 526 g/mol. The SMILES string of the molecule is CCNC(=NCc1ncnn1C)NCCCN1CCN(Cc2ccccc2)CC1.I. The molecule has 0 radical (unpaired) electrons. The van der Waals surface area contributed by atoms with Crippen LogP contribution in [0.3, 0.4) is 0 Å². The van der Waals surface area contributed by atoms with Gasteiger partial charge in [-0.3, -0.25) is 9.58 Å². The number of aliphatic imine (C=N–C) groups is 1. The first kappa shape index (κ1) is 24.5. The van der Waals surface area contributed by atoms with Crippen molar-refractivity contribution in [2.75, 3.05) is 45.8 Å². The van der Waals surface area contributed by atoms with Gasteiger partial charge in [0.05, 0.1) is 0 Å². The van der Waals surface area contributed by atoms with Crippen LogP contribution in [0.15, 0.2) is 41.7 Å². The van der Waals surface area contributed by atoms with E-state index >= 15 is 0 Å². The summed E-state index contributed by atoms with van der Waals surface area (Å²) in [5, 5.41) is 10.8. The van der Waals surface area contributed by atoms with Crippen LogP contribution in [0, 0.1) is 0 Å². The normalized spacial score (nSPS) is 15.6. The maximum absolute atomic E-state index is 4.60. The summed E-state index contributed by atoms with van der Waals surface area (Å²) in [4.78, 5) is 13.9. The molecule has 3 rings (SSSR count). The predicted octanol–water partition coefficient (Wildman–Crippen LogP) is 1.70. The molecule has 1 aliphatic rings. The Hall–Kier alpha value is -1.72. The number of benzene rings is 1. The molecule has 0 unspecified atom stereocenters. The predicted molar refractivity (Wildman–Crippen MR) is 132 cm³/mol. The van der Waals surface area contributed by atoms with Crippen molar-refractivity contribution in [3.8, 4) is 0 Å². The zero-order valence-corrected chi connectivity index (χ0v) is 20.5. The Morgan fingerprint density at radius 2 is 1.80 bits per heavy atom. The third-order valence-electron chi connectivity index (χ3n) is 5.19. The van der Waals surface area contributed by atoms with Gasteiger partial charge >= 0.3 is 0 Å². The van der Waals surface area contributed by atoms with Crippen LogP contribution in [0.25, 0.3) is 0 Å². The van der Waals surface area contributed by atoms with E-state index < -0.39 is 0 Å². The number of nitrogens with zero attached hydrogens (tertiary/aromatic N) is 6. The van der Waals surface area contributed by atoms with Crippen molar-refractivity contribution in [2.45, 2.75) is 26.4 Å². The first-order valence-electron chi connectivity index (χ1n) is 10.6. The number of hydrogen-bond acceptors (Lipinski definition) is 5. The van der Waals surface area contributed by atoms with Gasteiger partial charge in [0.15, 0.2) is 5.96 Å². The van der Waals surface area contributed by atoms with E-state index in [2.05, 4.69) is 72.8 Å². The van der Waals surface area contributed by atoms with Gasteiger partial charge in [0, 0.05) is 52.9 Å². The summed E-state index contributed by atoms with van der Waals surface area (Å²) in [5.74, 6) is 1.69. The van der Waals surface area contributed by atoms with Gasteiger partial charge in [0.25, 0.3) is 0 Å². The van der Waals surface area contributed by atoms with E-state index in [1.54, 1.807) is 11.0 Å². The van der Waals surface area contributed by atoms with E-state index in [0.29, 0.717) is 6.54 Å². The molecule has 2 heterocycles. The van der Waals surface area contributed by atoms with E-state index in [0.717, 1.165) is 70.6 Å². The molecule has 8 nitrogen and oxygen atoms in total. The molecule has 9 heteroatoms. The Morgan fingerprint density at radius 3 is 2.47 bits per heavy atom. The Kier molecular flexibility index (Phi) is 11.1. The second-order valence-electron chi connectivity index (χ2n) is 7.38. The first-order chi connectivity index (χ1) is 14.2. The molecule has 0 spiro atoms. The number of nitrogens with one attached hydrogen (secondary N) is 2. The van der Waals surface area contributed by atoms with Gasteiger partial charge in [0.1, 0.15) is 18.7 Å². The minimum Gasteiger partial charge on any atom is -0.357 e. The van der Waals surface area contributed by atoms with Crippen molar-refractivity contribution in [1.82, 2.24) is 35.2 Å². The maximum atomic E-state index is 4.60. The number of aryl methyl sites for hydroxylation is 1. The molecule has 1 aromatic carbocycles. The molecule has 2 aromatic rings. The highest BCUT2D eigenvalue weighted by Gasteiger charge is 2.16. The van der Waals surface area contributed by atoms with Crippen molar-refractivity contribution in [3.05, 3.63) is 48.0 Å². The smallest absolute Gasteiger partial charge is 0.191 e. The molecule has 0 saturated carbocycles. The Balaban J connectivity index is 0.00000320. The molecule has 0 aliphatic carbocycles. The van der Waals surface area contributed by atoms with Crippen LogP contribution in [-0.2, 0) is 20.1 Å². The second kappa shape index (κ2) is 13.6. The zero-order valence-electron chi connectivity index (χ0n) is 18.1. The van der Waals surface area contributed by atoms with E-state index in [9.17, 15) is 0 Å². The Bertz CT molecular complexity index is 740. The molecule has 1 aliphatic heterocycles. The molecular weight excluding hydrogens is 491 g/mol. The Labute approximate surface area is 197 Å². The fourth-order valence-corrected chi connectivity index (χ4v) is 3.48. The van der Waals surface area contributed by atoms with Gasteiger partial charge in [-0.25, -0.2) is 9.98 Å². The molecule has 30 heavy (non-hydrogen) atoms. The van der Waals surface area contributed by atoms with Gasteiger partial charge < -0.3 is 15.5 Å². The van der Waals surface area contributed by atoms with Crippen LogP contribution < -0.4 is 10.6 Å². The first-order valence-corrected chi connectivity index (χ1v) is 10.6. The third-order valence-corrected chi connectivity index (χ3v) is 5.19. The van der Waals surface area contributed by atoms with Crippen molar-refractivity contribution in [3.63, 3.8) is 0 Å². The van der Waals surface area contributed by atoms with Gasteiger partial charge in [-0.05, 0) is 25.5 Å². The highest BCUT2D eigenvalue weighted by atomic mass is 127. The quantitative estimate of drug-likeness (QED) is 0.224. The summed E-state index contributed by atoms with van der Waals surface area (Å²) >= 11 is 0. The molecule has 1 aromatic heterocycles. The molecule has 0 amide bonds. The largest absolute Gasteiger partial charge is 0.357 e. The van der Waals surface area contributed by atoms with Crippen LogP contribution >= 0.6 is 24.0 Å². The molecule has 0 atom stereocenters. The molecule has 2 N–H and O–H groups in total. The monoisotopic (exact) mass is 526 g/mol. The summed E-state index contributed by atoms with van der Waals surface area (Å²) < 4.78 is 1.75. The summed E-state index contributed by atoms with van der Waals surface area (Å²) in [5.41, 5.74) is 1.40. The van der Waals surface area contributed by atoms with Gasteiger partial charge in [-0.15, -0.1) is 24.0 Å². The van der Waals surface area contributed by atoms with Crippen molar-refractivity contribution in [1.29, 1.82) is 0 Å². The number of halogens is 1. The lowest BCUT2D eigenvalue weighted by Crippen LogP contribution is -2.46. The number of rotatable bonds is 9. The fraction of sp³-hybridized carbons (Fsp3) is 0.571. The van der Waals surface area contributed by atoms with Crippen LogP contribution in [0.2, 0.25) is 0 Å². The molecule has 1 saturated heterocycles. The van der Waals surface area contributed by atoms with Crippen LogP contribution in [-0.4, -0.2) is 76.3 Å². The lowest BCUT2D eigenvalue weighted by molar-refractivity contribution is 0.126. The number of piperazine rings is 1. The molecule has 1 fully saturated rings. The van der Waals surface area contributed by atoms with Crippen molar-refractivity contribution >= 4 is 29.9 Å². The minimum absolute atomic E-state index is 0. The molecular formula is C21H35IN8. The van der Waals surface area contributed by atoms with E-state index in [-0.39, 0.29) is 24.0 Å². The summed E-state index contributed by atoms with van der Waals surface area (Å²) in [6.07, 6.45) is 2.66. The van der Waals surface area contributed by atoms with E-state index in [1.807, 2.05) is 7.05 Å². The van der Waals surface area contributed by atoms with Crippen LogP contribution in [0.4, 0.5) is 0 Å². The van der Waals surface area contributed by atoms with Gasteiger partial charge in [-0.2, -0.15) is 5.10 Å². The van der Waals surface area contributed by atoms with Crippen LogP contribution in [0.1, 0.15) is 24.7 Å². The minimum atomic E-state index is 0. The topological polar surface area (TPSA) is 73.6 Å². The summed E-state index contributed by atoms with van der Waals surface area (Å²) in [7, 11) is 1.89. The standard InChI is InChI=1S/C21H34N8.HI/c1-3-22-21(24-16-20-25-18-26-27(20)2)23-10-7-11-28-12-14-29(15-13-28)17-19-8-5-4-6-9-19;/h4-6,8-9,18H,3,7,10-17H2,1-2H3,(H2,22,23,24);1H. The summed E-state index contributed by atoms with van der Waals surface area (Å²) in [6.45, 7) is 11.1. The lowest BCUT2D eigenvalue weighted by atomic mass is 10.2. The molecule has 166 valence electrons. The maximum Gasteiger partial charge on any atom is 0.191 e. The lowest BCUT2D eigenvalue weighted by Gasteiger charge is -2.34. The van der Waals surface area contributed by atoms with Crippen molar-refractivity contribution in [2.24, 2.45) is 12.0 Å². The number of guanidine groups is 1. The van der Waals surface area contributed by atoms with Gasteiger partial charge in [0.2, 0.25) is 0 Å². The number of hydrogen-bond donors (Lipinski definition) is 2. The average Bonchev–Trinajstić information content (AvgIpc) is 3.16. The van der Waals surface area contributed by atoms with E-state index in [4.69, 9.17) is 0 Å². The van der Waals surface area contributed by atoms with E-state index in [1.165, 1.54) is 5.56 Å². The van der Waals surface area contributed by atoms with Crippen molar-refractivity contribution < 1.29 is 0 Å².